The molecule has 2 amide bonds. The molecule has 3 aromatic carbocycles. The molecule has 214 valence electrons. The highest BCUT2D eigenvalue weighted by molar-refractivity contribution is 7.92. The molecule has 0 heterocycles. The Labute approximate surface area is 241 Å². The molecule has 3 aromatic rings. The molecule has 10 heteroatoms. The van der Waals surface area contributed by atoms with Gasteiger partial charge in [-0.25, -0.2) is 8.42 Å². The molecule has 3 rings (SSSR count). The number of ether oxygens (including phenoxy) is 1. The van der Waals surface area contributed by atoms with Crippen LogP contribution in [-0.4, -0.2) is 50.4 Å². The van der Waals surface area contributed by atoms with Gasteiger partial charge in [-0.2, -0.15) is 0 Å². The first-order chi connectivity index (χ1) is 18.7. The topological polar surface area (TPSA) is 96.0 Å². The highest BCUT2D eigenvalue weighted by atomic mass is 35.5. The minimum Gasteiger partial charge on any atom is -0.497 e. The van der Waals surface area contributed by atoms with Crippen molar-refractivity contribution in [2.24, 2.45) is 0 Å². The predicted octanol–water partition coefficient (Wildman–Crippen LogP) is 5.18. The Hall–Kier alpha value is -3.56. The maximum atomic E-state index is 14.0. The van der Waals surface area contributed by atoms with Crippen molar-refractivity contribution >= 4 is 39.1 Å². The van der Waals surface area contributed by atoms with E-state index in [9.17, 15) is 18.0 Å². The van der Waals surface area contributed by atoms with Gasteiger partial charge in [0.2, 0.25) is 11.8 Å². The van der Waals surface area contributed by atoms with E-state index in [0.29, 0.717) is 10.8 Å². The molecule has 0 spiro atoms. The van der Waals surface area contributed by atoms with Crippen molar-refractivity contribution in [1.82, 2.24) is 10.2 Å². The molecule has 1 N–H and O–H groups in total. The Morgan fingerprint density at radius 2 is 1.62 bits per heavy atom. The van der Waals surface area contributed by atoms with Crippen molar-refractivity contribution < 1.29 is 22.7 Å². The van der Waals surface area contributed by atoms with Crippen LogP contribution in [0.5, 0.6) is 5.75 Å². The highest BCUT2D eigenvalue weighted by Gasteiger charge is 2.33. The SMILES string of the molecule is COc1cccc(N(CC(=O)N(Cc2ccc(Cl)cc2)C(C)C(=O)NC(C)(C)C)S(=O)(=O)c2ccc(C)cc2)c1. The first-order valence-electron chi connectivity index (χ1n) is 12.8. The Balaban J connectivity index is 2.05. The Morgan fingerprint density at radius 1 is 1.00 bits per heavy atom. The molecule has 0 aromatic heterocycles. The molecule has 0 saturated heterocycles. The van der Waals surface area contributed by atoms with E-state index in [-0.39, 0.29) is 23.0 Å². The number of sulfonamides is 1. The van der Waals surface area contributed by atoms with E-state index in [2.05, 4.69) is 5.32 Å². The van der Waals surface area contributed by atoms with Crippen LogP contribution in [-0.2, 0) is 26.2 Å². The lowest BCUT2D eigenvalue weighted by Crippen LogP contribution is -2.54. The van der Waals surface area contributed by atoms with Gasteiger partial charge in [-0.05, 0) is 76.6 Å². The molecule has 0 radical (unpaired) electrons. The van der Waals surface area contributed by atoms with E-state index in [4.69, 9.17) is 16.3 Å². The van der Waals surface area contributed by atoms with E-state index >= 15 is 0 Å². The summed E-state index contributed by atoms with van der Waals surface area (Å²) in [5.41, 5.74) is 1.37. The molecule has 0 fully saturated rings. The van der Waals surface area contributed by atoms with Crippen LogP contribution in [0.15, 0.2) is 77.7 Å². The molecular weight excluding hydrogens is 550 g/mol. The first kappa shape index (κ1) is 31.0. The molecule has 0 aliphatic heterocycles. The van der Waals surface area contributed by atoms with Crippen molar-refractivity contribution in [3.05, 3.63) is 88.9 Å². The number of hydrogen-bond acceptors (Lipinski definition) is 5. The quantitative estimate of drug-likeness (QED) is 0.353. The van der Waals surface area contributed by atoms with Crippen LogP contribution in [0, 0.1) is 6.92 Å². The number of nitrogens with one attached hydrogen (secondary N) is 1. The minimum atomic E-state index is -4.17. The van der Waals surface area contributed by atoms with E-state index in [1.807, 2.05) is 27.7 Å². The smallest absolute Gasteiger partial charge is 0.264 e. The average molecular weight is 586 g/mol. The van der Waals surface area contributed by atoms with Crippen molar-refractivity contribution in [3.8, 4) is 5.75 Å². The zero-order valence-electron chi connectivity index (χ0n) is 23.6. The van der Waals surface area contributed by atoms with Crippen LogP contribution in [0.3, 0.4) is 0 Å². The van der Waals surface area contributed by atoms with Gasteiger partial charge in [0.1, 0.15) is 18.3 Å². The number of anilines is 1. The van der Waals surface area contributed by atoms with Gasteiger partial charge in [0.15, 0.2) is 0 Å². The van der Waals surface area contributed by atoms with Gasteiger partial charge in [-0.3, -0.25) is 13.9 Å². The maximum Gasteiger partial charge on any atom is 0.264 e. The van der Waals surface area contributed by atoms with Crippen LogP contribution in [0.1, 0.15) is 38.8 Å². The first-order valence-corrected chi connectivity index (χ1v) is 14.6. The second-order valence-electron chi connectivity index (χ2n) is 10.6. The Kier molecular flexibility index (Phi) is 9.87. The Morgan fingerprint density at radius 3 is 2.20 bits per heavy atom. The number of carbonyl (C=O) groups is 2. The third-order valence-electron chi connectivity index (χ3n) is 6.16. The largest absolute Gasteiger partial charge is 0.497 e. The summed E-state index contributed by atoms with van der Waals surface area (Å²) in [5, 5.41) is 3.44. The number of hydrogen-bond donors (Lipinski definition) is 1. The summed E-state index contributed by atoms with van der Waals surface area (Å²) >= 11 is 6.05. The van der Waals surface area contributed by atoms with Gasteiger partial charge in [-0.1, -0.05) is 47.5 Å². The monoisotopic (exact) mass is 585 g/mol. The zero-order valence-corrected chi connectivity index (χ0v) is 25.2. The fourth-order valence-corrected chi connectivity index (χ4v) is 5.51. The van der Waals surface area contributed by atoms with E-state index < -0.39 is 34.1 Å². The number of rotatable bonds is 10. The predicted molar refractivity (Wildman–Crippen MR) is 158 cm³/mol. The third kappa shape index (κ3) is 7.99. The van der Waals surface area contributed by atoms with Crippen molar-refractivity contribution in [2.75, 3.05) is 18.0 Å². The van der Waals surface area contributed by atoms with Crippen molar-refractivity contribution in [1.29, 1.82) is 0 Å². The second-order valence-corrected chi connectivity index (χ2v) is 12.9. The molecule has 40 heavy (non-hydrogen) atoms. The number of amides is 2. The van der Waals surface area contributed by atoms with E-state index in [1.54, 1.807) is 67.6 Å². The number of aryl methyl sites for hydroxylation is 1. The van der Waals surface area contributed by atoms with Crippen LogP contribution in [0.25, 0.3) is 0 Å². The minimum absolute atomic E-state index is 0.0384. The standard InChI is InChI=1S/C30H36ClN3O5S/c1-21-10-16-27(17-11-21)40(37,38)34(25-8-7-9-26(18-25)39-6)20-28(35)33(19-23-12-14-24(31)15-13-23)22(2)29(36)32-30(3,4)5/h7-18,22H,19-20H2,1-6H3,(H,32,36). The summed E-state index contributed by atoms with van der Waals surface area (Å²) in [5.74, 6) is -0.473. The number of carbonyl (C=O) groups excluding carboxylic acids is 2. The molecule has 1 unspecified atom stereocenters. The summed E-state index contributed by atoms with van der Waals surface area (Å²) < 4.78 is 34.2. The number of benzene rings is 3. The van der Waals surface area contributed by atoms with Crippen LogP contribution in [0.4, 0.5) is 5.69 Å². The van der Waals surface area contributed by atoms with Gasteiger partial charge in [0, 0.05) is 23.2 Å². The van der Waals surface area contributed by atoms with Crippen LogP contribution >= 0.6 is 11.6 Å². The summed E-state index contributed by atoms with van der Waals surface area (Å²) in [6.07, 6.45) is 0. The molecule has 8 nitrogen and oxygen atoms in total. The lowest BCUT2D eigenvalue weighted by molar-refractivity contribution is -0.140. The lowest BCUT2D eigenvalue weighted by Gasteiger charge is -2.33. The summed E-state index contributed by atoms with van der Waals surface area (Å²) in [6.45, 7) is 8.57. The normalized spacial score (nSPS) is 12.4. The highest BCUT2D eigenvalue weighted by Crippen LogP contribution is 2.28. The number of nitrogens with zero attached hydrogens (tertiary/aromatic N) is 2. The lowest BCUT2D eigenvalue weighted by atomic mass is 10.1. The van der Waals surface area contributed by atoms with Gasteiger partial charge < -0.3 is 15.0 Å². The molecule has 0 bridgehead atoms. The summed E-state index contributed by atoms with van der Waals surface area (Å²) in [4.78, 5) is 28.6. The van der Waals surface area contributed by atoms with Crippen molar-refractivity contribution in [2.45, 2.75) is 57.6 Å². The summed E-state index contributed by atoms with van der Waals surface area (Å²) in [7, 11) is -2.69. The van der Waals surface area contributed by atoms with Crippen molar-refractivity contribution in [3.63, 3.8) is 0 Å². The van der Waals surface area contributed by atoms with Crippen LogP contribution in [0.2, 0.25) is 5.02 Å². The zero-order chi connectivity index (χ0) is 29.7. The number of halogens is 1. The third-order valence-corrected chi connectivity index (χ3v) is 8.20. The fraction of sp³-hybridized carbons (Fsp3) is 0.333. The van der Waals surface area contributed by atoms with Crippen LogP contribution < -0.4 is 14.4 Å². The number of methoxy groups -OCH3 is 1. The molecule has 0 aliphatic carbocycles. The van der Waals surface area contributed by atoms with Gasteiger partial charge in [-0.15, -0.1) is 0 Å². The summed E-state index contributed by atoms with van der Waals surface area (Å²) in [6, 6.07) is 18.9. The van der Waals surface area contributed by atoms with E-state index in [0.717, 1.165) is 15.4 Å². The molecule has 0 aliphatic rings. The fourth-order valence-electron chi connectivity index (χ4n) is 3.97. The molecule has 0 saturated carbocycles. The second kappa shape index (κ2) is 12.7. The maximum absolute atomic E-state index is 14.0. The molecular formula is C30H36ClN3O5S. The van der Waals surface area contributed by atoms with Gasteiger partial charge in [0.25, 0.3) is 10.0 Å². The van der Waals surface area contributed by atoms with E-state index in [1.165, 1.54) is 24.1 Å². The van der Waals surface area contributed by atoms with Gasteiger partial charge in [0.05, 0.1) is 17.7 Å². The molecule has 1 atom stereocenters. The Bertz CT molecular complexity index is 1440. The van der Waals surface area contributed by atoms with Gasteiger partial charge >= 0.3 is 0 Å². The average Bonchev–Trinajstić information content (AvgIpc) is 2.90.